The monoisotopic (exact) mass is 290 g/mol. The topological polar surface area (TPSA) is 20.2 Å². The van der Waals surface area contributed by atoms with Crippen LogP contribution in [-0.4, -0.2) is 10.7 Å². The lowest BCUT2D eigenvalue weighted by Gasteiger charge is -2.65. The van der Waals surface area contributed by atoms with Crippen LogP contribution in [0.2, 0.25) is 0 Å². The number of rotatable bonds is 1. The molecule has 0 amide bonds. The van der Waals surface area contributed by atoms with Gasteiger partial charge in [-0.05, 0) is 80.0 Å². The Hall–Kier alpha value is -0.300. The first kappa shape index (κ1) is 15.6. The fourth-order valence-corrected chi connectivity index (χ4v) is 6.34. The Kier molecular flexibility index (Phi) is 3.41. The molecule has 0 heterocycles. The minimum absolute atomic E-state index is 0.123. The van der Waals surface area contributed by atoms with Gasteiger partial charge >= 0.3 is 0 Å². The van der Waals surface area contributed by atoms with Crippen molar-refractivity contribution in [3.63, 3.8) is 0 Å². The first-order valence-corrected chi connectivity index (χ1v) is 9.03. The van der Waals surface area contributed by atoms with Crippen LogP contribution in [-0.2, 0) is 0 Å². The van der Waals surface area contributed by atoms with Crippen molar-refractivity contribution in [2.75, 3.05) is 0 Å². The summed E-state index contributed by atoms with van der Waals surface area (Å²) in [5.41, 5.74) is 0.427. The third-order valence-electron chi connectivity index (χ3n) is 8.34. The second-order valence-electron chi connectivity index (χ2n) is 9.44. The van der Waals surface area contributed by atoms with Gasteiger partial charge in [-0.3, -0.25) is 0 Å². The molecule has 0 aromatic heterocycles. The van der Waals surface area contributed by atoms with E-state index in [9.17, 15) is 5.11 Å². The summed E-state index contributed by atoms with van der Waals surface area (Å²) in [6.45, 7) is 13.5. The van der Waals surface area contributed by atoms with E-state index in [1.807, 2.05) is 0 Å². The maximum atomic E-state index is 11.1. The van der Waals surface area contributed by atoms with Crippen LogP contribution in [0.25, 0.3) is 0 Å². The fraction of sp³-hybridized carbons (Fsp3) is 0.900. The molecule has 3 fully saturated rings. The summed E-state index contributed by atoms with van der Waals surface area (Å²) in [5, 5.41) is 11.1. The number of allylic oxidation sites excluding steroid dienone is 1. The lowest BCUT2D eigenvalue weighted by molar-refractivity contribution is -0.205. The zero-order valence-electron chi connectivity index (χ0n) is 14.5. The first-order valence-electron chi connectivity index (χ1n) is 9.03. The molecule has 0 aromatic carbocycles. The molecular formula is C20H34O. The number of hydrogen-bond donors (Lipinski definition) is 1. The van der Waals surface area contributed by atoms with Gasteiger partial charge in [0.1, 0.15) is 0 Å². The first-order chi connectivity index (χ1) is 9.67. The molecule has 0 bridgehead atoms. The van der Waals surface area contributed by atoms with Crippen LogP contribution in [0.1, 0.15) is 79.1 Å². The van der Waals surface area contributed by atoms with Crippen molar-refractivity contribution in [1.29, 1.82) is 0 Å². The molecule has 3 aliphatic rings. The Bertz CT molecular complexity index is 439. The molecule has 1 nitrogen and oxygen atoms in total. The zero-order valence-corrected chi connectivity index (χ0v) is 14.5. The molecule has 6 atom stereocenters. The molecule has 0 unspecified atom stereocenters. The molecule has 3 rings (SSSR count). The molecule has 0 radical (unpaired) electrons. The molecule has 1 heteroatoms. The predicted molar refractivity (Wildman–Crippen MR) is 89.1 cm³/mol. The van der Waals surface area contributed by atoms with Crippen molar-refractivity contribution in [2.24, 2.45) is 28.1 Å². The summed E-state index contributed by atoms with van der Waals surface area (Å²) in [6.07, 6.45) is 12.1. The van der Waals surface area contributed by atoms with Crippen molar-refractivity contribution < 1.29 is 5.11 Å². The van der Waals surface area contributed by atoms with E-state index in [4.69, 9.17) is 0 Å². The Morgan fingerprint density at radius 3 is 2.38 bits per heavy atom. The molecular weight excluding hydrogens is 256 g/mol. The van der Waals surface area contributed by atoms with E-state index < -0.39 is 5.60 Å². The maximum absolute atomic E-state index is 11.1. The van der Waals surface area contributed by atoms with Gasteiger partial charge in [0.25, 0.3) is 0 Å². The SMILES string of the molecule is C=C[C@]1(C)CC[C@]2(C)[C@H](CC[C@@]3(C)[C@H]2CCC[C@]3(C)O)C1. The number of aliphatic hydroxyl groups is 1. The van der Waals surface area contributed by atoms with Crippen LogP contribution in [0.4, 0.5) is 0 Å². The average molecular weight is 290 g/mol. The Morgan fingerprint density at radius 1 is 1.00 bits per heavy atom. The van der Waals surface area contributed by atoms with Gasteiger partial charge in [0.15, 0.2) is 0 Å². The molecule has 0 aromatic rings. The van der Waals surface area contributed by atoms with Gasteiger partial charge in [-0.2, -0.15) is 0 Å². The van der Waals surface area contributed by atoms with Crippen molar-refractivity contribution >= 4 is 0 Å². The van der Waals surface area contributed by atoms with Crippen LogP contribution in [0.15, 0.2) is 12.7 Å². The molecule has 21 heavy (non-hydrogen) atoms. The van der Waals surface area contributed by atoms with E-state index in [1.165, 1.54) is 44.9 Å². The summed E-state index contributed by atoms with van der Waals surface area (Å²) < 4.78 is 0. The number of hydrogen-bond acceptors (Lipinski definition) is 1. The Balaban J connectivity index is 1.94. The largest absolute Gasteiger partial charge is 0.390 e. The minimum Gasteiger partial charge on any atom is -0.390 e. The van der Waals surface area contributed by atoms with Gasteiger partial charge in [0, 0.05) is 0 Å². The normalized spacial score (nSPS) is 57.2. The molecule has 0 aliphatic heterocycles. The lowest BCUT2D eigenvalue weighted by Crippen LogP contribution is -2.61. The standard InChI is InChI=1S/C20H34O/c1-6-17(2)12-13-18(3)15(14-17)9-11-19(4)16(18)8-7-10-20(19,5)21/h6,15-16,21H,1,7-14H2,2-5H3/t15-,16+,17-,18-,19+,20+/m1/s1. The highest BCUT2D eigenvalue weighted by molar-refractivity contribution is 5.13. The van der Waals surface area contributed by atoms with Gasteiger partial charge < -0.3 is 5.11 Å². The van der Waals surface area contributed by atoms with Crippen LogP contribution in [0.3, 0.4) is 0 Å². The molecule has 0 saturated heterocycles. The van der Waals surface area contributed by atoms with E-state index in [1.54, 1.807) is 0 Å². The summed E-state index contributed by atoms with van der Waals surface area (Å²) in [5.74, 6) is 1.52. The van der Waals surface area contributed by atoms with Crippen LogP contribution in [0, 0.1) is 28.1 Å². The predicted octanol–water partition coefficient (Wildman–Crippen LogP) is 5.34. The second-order valence-corrected chi connectivity index (χ2v) is 9.44. The summed E-state index contributed by atoms with van der Waals surface area (Å²) >= 11 is 0. The van der Waals surface area contributed by atoms with Crippen molar-refractivity contribution in [2.45, 2.75) is 84.7 Å². The second kappa shape index (κ2) is 4.60. The van der Waals surface area contributed by atoms with Gasteiger partial charge in [-0.15, -0.1) is 6.58 Å². The minimum atomic E-state index is -0.469. The zero-order chi connectivity index (χ0) is 15.5. The van der Waals surface area contributed by atoms with E-state index >= 15 is 0 Å². The van der Waals surface area contributed by atoms with Crippen LogP contribution >= 0.6 is 0 Å². The van der Waals surface area contributed by atoms with E-state index in [-0.39, 0.29) is 5.41 Å². The van der Waals surface area contributed by atoms with Crippen LogP contribution < -0.4 is 0 Å². The average Bonchev–Trinajstić information content (AvgIpc) is 2.42. The molecule has 3 aliphatic carbocycles. The van der Waals surface area contributed by atoms with E-state index in [0.29, 0.717) is 16.7 Å². The van der Waals surface area contributed by atoms with Gasteiger partial charge in [-0.25, -0.2) is 0 Å². The highest BCUT2D eigenvalue weighted by Gasteiger charge is 2.62. The fourth-order valence-electron chi connectivity index (χ4n) is 6.34. The van der Waals surface area contributed by atoms with Crippen molar-refractivity contribution in [3.8, 4) is 0 Å². The molecule has 3 saturated carbocycles. The molecule has 0 spiro atoms. The maximum Gasteiger partial charge on any atom is 0.0675 e. The summed E-state index contributed by atoms with van der Waals surface area (Å²) in [4.78, 5) is 0. The van der Waals surface area contributed by atoms with Crippen molar-refractivity contribution in [3.05, 3.63) is 12.7 Å². The van der Waals surface area contributed by atoms with Gasteiger partial charge in [0.2, 0.25) is 0 Å². The summed E-state index contributed by atoms with van der Waals surface area (Å²) in [7, 11) is 0. The molecule has 1 N–H and O–H groups in total. The highest BCUT2D eigenvalue weighted by Crippen LogP contribution is 2.67. The Morgan fingerprint density at radius 2 is 1.71 bits per heavy atom. The van der Waals surface area contributed by atoms with E-state index in [0.717, 1.165) is 12.3 Å². The lowest BCUT2D eigenvalue weighted by atomic mass is 9.40. The third-order valence-corrected chi connectivity index (χ3v) is 8.34. The number of fused-ring (bicyclic) bond motifs is 3. The summed E-state index contributed by atoms with van der Waals surface area (Å²) in [6, 6.07) is 0. The third kappa shape index (κ3) is 2.06. The van der Waals surface area contributed by atoms with E-state index in [2.05, 4.69) is 40.3 Å². The highest BCUT2D eigenvalue weighted by atomic mass is 16.3. The van der Waals surface area contributed by atoms with Crippen molar-refractivity contribution in [1.82, 2.24) is 0 Å². The quantitative estimate of drug-likeness (QED) is 0.647. The van der Waals surface area contributed by atoms with Gasteiger partial charge in [0.05, 0.1) is 5.60 Å². The molecule has 120 valence electrons. The Labute approximate surface area is 131 Å². The van der Waals surface area contributed by atoms with Crippen LogP contribution in [0.5, 0.6) is 0 Å². The van der Waals surface area contributed by atoms with Gasteiger partial charge in [-0.1, -0.05) is 33.3 Å². The smallest absolute Gasteiger partial charge is 0.0675 e.